The number of carbonyl (C=O) groups is 1. The van der Waals surface area contributed by atoms with Crippen molar-refractivity contribution in [2.75, 3.05) is 18.1 Å². The lowest BCUT2D eigenvalue weighted by Crippen LogP contribution is -2.34. The van der Waals surface area contributed by atoms with Crippen molar-refractivity contribution < 1.29 is 13.2 Å². The third kappa shape index (κ3) is 4.79. The summed E-state index contributed by atoms with van der Waals surface area (Å²) in [5.74, 6) is -0.181. The number of anilines is 1. The Kier molecular flexibility index (Phi) is 5.06. The molecule has 0 heterocycles. The second kappa shape index (κ2) is 6.46. The number of hydrogen-bond acceptors (Lipinski definition) is 3. The van der Waals surface area contributed by atoms with Crippen molar-refractivity contribution in [1.29, 1.82) is 0 Å². The summed E-state index contributed by atoms with van der Waals surface area (Å²) in [7, 11) is -3.24. The standard InChI is InChI=1S/C14H19BrN2O3S/c1-10-3-4-11(9-13(10)15)16-14(18)7-8-17(12-5-6-12)21(2,19)20/h3-4,9,12H,5-8H2,1-2H3,(H,16,18). The normalized spacial score (nSPS) is 15.2. The lowest BCUT2D eigenvalue weighted by atomic mass is 10.2. The van der Waals surface area contributed by atoms with E-state index in [-0.39, 0.29) is 24.9 Å². The SMILES string of the molecule is Cc1ccc(NC(=O)CCN(C2CC2)S(C)(=O)=O)cc1Br. The van der Waals surface area contributed by atoms with Gasteiger partial charge >= 0.3 is 0 Å². The molecule has 0 atom stereocenters. The van der Waals surface area contributed by atoms with Crippen molar-refractivity contribution in [3.05, 3.63) is 28.2 Å². The summed E-state index contributed by atoms with van der Waals surface area (Å²) in [6.07, 6.45) is 3.13. The minimum absolute atomic E-state index is 0.0846. The predicted molar refractivity (Wildman–Crippen MR) is 86.7 cm³/mol. The van der Waals surface area contributed by atoms with Crippen molar-refractivity contribution in [3.8, 4) is 0 Å². The van der Waals surface area contributed by atoms with Crippen molar-refractivity contribution in [2.24, 2.45) is 0 Å². The van der Waals surface area contributed by atoms with Crippen LogP contribution in [0.2, 0.25) is 0 Å². The van der Waals surface area contributed by atoms with Gasteiger partial charge in [-0.25, -0.2) is 8.42 Å². The molecule has 1 aromatic carbocycles. The number of nitrogens with zero attached hydrogens (tertiary/aromatic N) is 1. The molecule has 1 amide bonds. The largest absolute Gasteiger partial charge is 0.326 e. The van der Waals surface area contributed by atoms with Crippen molar-refractivity contribution in [3.63, 3.8) is 0 Å². The molecule has 7 heteroatoms. The number of sulfonamides is 1. The molecule has 2 rings (SSSR count). The topological polar surface area (TPSA) is 66.5 Å². The molecule has 0 aliphatic heterocycles. The molecule has 1 aromatic rings. The minimum atomic E-state index is -3.24. The highest BCUT2D eigenvalue weighted by Gasteiger charge is 2.34. The fourth-order valence-corrected chi connectivity index (χ4v) is 3.64. The van der Waals surface area contributed by atoms with Gasteiger partial charge in [0.1, 0.15) is 0 Å². The van der Waals surface area contributed by atoms with Gasteiger partial charge in [0.25, 0.3) is 0 Å². The van der Waals surface area contributed by atoms with Gasteiger partial charge in [-0.2, -0.15) is 4.31 Å². The van der Waals surface area contributed by atoms with Crippen LogP contribution in [-0.2, 0) is 14.8 Å². The van der Waals surface area contributed by atoms with Crippen LogP contribution >= 0.6 is 15.9 Å². The number of hydrogen-bond donors (Lipinski definition) is 1. The Morgan fingerprint density at radius 2 is 2.10 bits per heavy atom. The maximum absolute atomic E-state index is 11.9. The van der Waals surface area contributed by atoms with E-state index in [1.165, 1.54) is 10.6 Å². The Balaban J connectivity index is 1.91. The van der Waals surface area contributed by atoms with Crippen LogP contribution in [0, 0.1) is 6.92 Å². The quantitative estimate of drug-likeness (QED) is 0.831. The molecular weight excluding hydrogens is 356 g/mol. The third-order valence-electron chi connectivity index (χ3n) is 3.39. The van der Waals surface area contributed by atoms with Crippen molar-refractivity contribution in [2.45, 2.75) is 32.2 Å². The molecule has 0 saturated heterocycles. The van der Waals surface area contributed by atoms with Crippen molar-refractivity contribution >= 4 is 37.5 Å². The van der Waals surface area contributed by atoms with E-state index in [4.69, 9.17) is 0 Å². The van der Waals surface area contributed by atoms with Gasteiger partial charge in [-0.15, -0.1) is 0 Å². The molecule has 1 saturated carbocycles. The van der Waals surface area contributed by atoms with E-state index in [1.54, 1.807) is 0 Å². The predicted octanol–water partition coefficient (Wildman–Crippen LogP) is 2.51. The zero-order valence-corrected chi connectivity index (χ0v) is 14.5. The average Bonchev–Trinajstić information content (AvgIpc) is 3.17. The fourth-order valence-electron chi connectivity index (χ4n) is 2.09. The Bertz CT molecular complexity index is 642. The number of halogens is 1. The van der Waals surface area contributed by atoms with Gasteiger partial charge in [-0.05, 0) is 37.5 Å². The van der Waals surface area contributed by atoms with Gasteiger partial charge in [0.2, 0.25) is 15.9 Å². The van der Waals surface area contributed by atoms with Gasteiger partial charge in [-0.1, -0.05) is 22.0 Å². The lowest BCUT2D eigenvalue weighted by molar-refractivity contribution is -0.116. The maximum Gasteiger partial charge on any atom is 0.225 e. The monoisotopic (exact) mass is 374 g/mol. The Morgan fingerprint density at radius 1 is 1.43 bits per heavy atom. The average molecular weight is 375 g/mol. The smallest absolute Gasteiger partial charge is 0.225 e. The molecule has 0 radical (unpaired) electrons. The molecule has 21 heavy (non-hydrogen) atoms. The van der Waals surface area contributed by atoms with Crippen LogP contribution in [0.25, 0.3) is 0 Å². The van der Waals surface area contributed by atoms with E-state index >= 15 is 0 Å². The minimum Gasteiger partial charge on any atom is -0.326 e. The second-order valence-electron chi connectivity index (χ2n) is 5.37. The summed E-state index contributed by atoms with van der Waals surface area (Å²) in [4.78, 5) is 11.9. The first kappa shape index (κ1) is 16.5. The molecule has 0 bridgehead atoms. The first-order chi connectivity index (χ1) is 9.77. The molecule has 0 spiro atoms. The molecule has 1 aliphatic rings. The second-order valence-corrected chi connectivity index (χ2v) is 8.16. The number of carbonyl (C=O) groups excluding carboxylic acids is 1. The van der Waals surface area contributed by atoms with Crippen LogP contribution in [0.5, 0.6) is 0 Å². The third-order valence-corrected chi connectivity index (χ3v) is 5.58. The zero-order valence-electron chi connectivity index (χ0n) is 12.1. The number of rotatable bonds is 6. The molecule has 0 unspecified atom stereocenters. The Morgan fingerprint density at radius 3 is 2.62 bits per heavy atom. The molecule has 1 fully saturated rings. The first-order valence-electron chi connectivity index (χ1n) is 6.80. The number of nitrogens with one attached hydrogen (secondary N) is 1. The molecule has 116 valence electrons. The van der Waals surface area contributed by atoms with Gasteiger partial charge in [-0.3, -0.25) is 4.79 Å². The number of aryl methyl sites for hydroxylation is 1. The summed E-state index contributed by atoms with van der Waals surface area (Å²) in [6.45, 7) is 2.21. The summed E-state index contributed by atoms with van der Waals surface area (Å²) in [5, 5.41) is 2.79. The van der Waals surface area contributed by atoms with Gasteiger partial charge < -0.3 is 5.32 Å². The number of benzene rings is 1. The summed E-state index contributed by atoms with van der Waals surface area (Å²) < 4.78 is 25.7. The van der Waals surface area contributed by atoms with E-state index in [0.29, 0.717) is 5.69 Å². The van der Waals surface area contributed by atoms with Gasteiger partial charge in [0, 0.05) is 29.2 Å². The Labute approximate surface area is 133 Å². The van der Waals surface area contributed by atoms with E-state index in [2.05, 4.69) is 21.2 Å². The summed E-state index contributed by atoms with van der Waals surface area (Å²) in [6, 6.07) is 5.66. The highest BCUT2D eigenvalue weighted by molar-refractivity contribution is 9.10. The first-order valence-corrected chi connectivity index (χ1v) is 9.44. The highest BCUT2D eigenvalue weighted by Crippen LogP contribution is 2.29. The van der Waals surface area contributed by atoms with E-state index in [0.717, 1.165) is 22.9 Å². The van der Waals surface area contributed by atoms with Crippen LogP contribution in [0.3, 0.4) is 0 Å². The Hall–Kier alpha value is -0.920. The summed E-state index contributed by atoms with van der Waals surface area (Å²) in [5.41, 5.74) is 1.79. The van der Waals surface area contributed by atoms with E-state index in [1.807, 2.05) is 25.1 Å². The zero-order chi connectivity index (χ0) is 15.6. The van der Waals surface area contributed by atoms with E-state index < -0.39 is 10.0 Å². The van der Waals surface area contributed by atoms with Crippen LogP contribution < -0.4 is 5.32 Å². The molecule has 0 aromatic heterocycles. The van der Waals surface area contributed by atoms with Gasteiger partial charge in [0.15, 0.2) is 0 Å². The highest BCUT2D eigenvalue weighted by atomic mass is 79.9. The van der Waals surface area contributed by atoms with Crippen LogP contribution in [0.4, 0.5) is 5.69 Å². The van der Waals surface area contributed by atoms with Crippen LogP contribution in [-0.4, -0.2) is 37.5 Å². The van der Waals surface area contributed by atoms with Crippen LogP contribution in [0.15, 0.2) is 22.7 Å². The van der Waals surface area contributed by atoms with E-state index in [9.17, 15) is 13.2 Å². The number of amides is 1. The van der Waals surface area contributed by atoms with Gasteiger partial charge in [0.05, 0.1) is 6.26 Å². The molecular formula is C14H19BrN2O3S. The maximum atomic E-state index is 11.9. The lowest BCUT2D eigenvalue weighted by Gasteiger charge is -2.18. The molecule has 1 N–H and O–H groups in total. The molecule has 5 nitrogen and oxygen atoms in total. The summed E-state index contributed by atoms with van der Waals surface area (Å²) >= 11 is 3.41. The fraction of sp³-hybridized carbons (Fsp3) is 0.500. The molecule has 1 aliphatic carbocycles. The van der Waals surface area contributed by atoms with Crippen LogP contribution in [0.1, 0.15) is 24.8 Å². The van der Waals surface area contributed by atoms with Crippen molar-refractivity contribution in [1.82, 2.24) is 4.31 Å².